The number of aromatic nitrogens is 1. The van der Waals surface area contributed by atoms with E-state index in [-0.39, 0.29) is 5.91 Å². The lowest BCUT2D eigenvalue weighted by molar-refractivity contribution is -0.116. The molecule has 0 aromatic carbocycles. The van der Waals surface area contributed by atoms with E-state index in [1.54, 1.807) is 24.5 Å². The third kappa shape index (κ3) is 4.97. The summed E-state index contributed by atoms with van der Waals surface area (Å²) in [5.74, 6) is -0.0460. The molecule has 1 N–H and O–H groups in total. The number of carbonyl (C=O) groups excluding carboxylic acids is 1. The second-order valence-corrected chi connectivity index (χ2v) is 5.80. The average molecular weight is 287 g/mol. The monoisotopic (exact) mass is 287 g/mol. The first-order chi connectivity index (χ1) is 10.2. The number of hydrogen-bond acceptors (Lipinski definition) is 3. The van der Waals surface area contributed by atoms with Crippen molar-refractivity contribution in [1.29, 1.82) is 0 Å². The minimum absolute atomic E-state index is 0.0460. The van der Waals surface area contributed by atoms with Crippen LogP contribution >= 0.6 is 0 Å². The Morgan fingerprint density at radius 3 is 3.14 bits per heavy atom. The molecular weight excluding hydrogens is 262 g/mol. The Labute approximate surface area is 127 Å². The summed E-state index contributed by atoms with van der Waals surface area (Å²) < 4.78 is 0. The molecule has 1 fully saturated rings. The van der Waals surface area contributed by atoms with Crippen LogP contribution < -0.4 is 5.32 Å². The highest BCUT2D eigenvalue weighted by atomic mass is 16.1. The third-order valence-electron chi connectivity index (χ3n) is 4.10. The Hall–Kier alpha value is -1.68. The van der Waals surface area contributed by atoms with E-state index in [1.807, 2.05) is 12.1 Å². The van der Waals surface area contributed by atoms with Crippen LogP contribution in [-0.2, 0) is 4.79 Å². The summed E-state index contributed by atoms with van der Waals surface area (Å²) in [6.45, 7) is 6.30. The number of amides is 1. The molecule has 0 spiro atoms. The lowest BCUT2D eigenvalue weighted by atomic mass is 10.0. The number of likely N-dealkylation sites (tertiary alicyclic amines) is 1. The molecule has 4 heteroatoms. The SMILES string of the molecule is C[C@@H]1CCCCN1[C@@H](C)CNC(=O)/C=C/c1cccnc1. The van der Waals surface area contributed by atoms with E-state index in [0.29, 0.717) is 18.6 Å². The second kappa shape index (κ2) is 7.93. The van der Waals surface area contributed by atoms with Gasteiger partial charge in [-0.1, -0.05) is 12.5 Å². The lowest BCUT2D eigenvalue weighted by Crippen LogP contribution is -2.48. The van der Waals surface area contributed by atoms with Gasteiger partial charge in [-0.2, -0.15) is 0 Å². The quantitative estimate of drug-likeness (QED) is 0.846. The molecule has 4 nitrogen and oxygen atoms in total. The molecule has 2 rings (SSSR count). The van der Waals surface area contributed by atoms with Crippen molar-refractivity contribution < 1.29 is 4.79 Å². The smallest absolute Gasteiger partial charge is 0.244 e. The molecule has 1 aromatic heterocycles. The Balaban J connectivity index is 1.77. The van der Waals surface area contributed by atoms with Crippen molar-refractivity contribution >= 4 is 12.0 Å². The van der Waals surface area contributed by atoms with Crippen molar-refractivity contribution in [3.05, 3.63) is 36.2 Å². The Morgan fingerprint density at radius 2 is 2.43 bits per heavy atom. The molecule has 2 heterocycles. The molecular formula is C17H25N3O. The Kier molecular flexibility index (Phi) is 5.93. The maximum Gasteiger partial charge on any atom is 0.244 e. The van der Waals surface area contributed by atoms with Gasteiger partial charge in [-0.3, -0.25) is 14.7 Å². The van der Waals surface area contributed by atoms with Gasteiger partial charge in [0.1, 0.15) is 0 Å². The van der Waals surface area contributed by atoms with E-state index < -0.39 is 0 Å². The van der Waals surface area contributed by atoms with Crippen LogP contribution in [0.25, 0.3) is 6.08 Å². The molecule has 0 radical (unpaired) electrons. The molecule has 1 aliphatic heterocycles. The van der Waals surface area contributed by atoms with Crippen molar-refractivity contribution in [2.45, 2.75) is 45.2 Å². The van der Waals surface area contributed by atoms with E-state index in [4.69, 9.17) is 0 Å². The topological polar surface area (TPSA) is 45.2 Å². The third-order valence-corrected chi connectivity index (χ3v) is 4.10. The largest absolute Gasteiger partial charge is 0.351 e. The first kappa shape index (κ1) is 15.7. The minimum Gasteiger partial charge on any atom is -0.351 e. The van der Waals surface area contributed by atoms with Crippen LogP contribution in [0.4, 0.5) is 0 Å². The van der Waals surface area contributed by atoms with Crippen LogP contribution in [0.1, 0.15) is 38.7 Å². The number of nitrogens with one attached hydrogen (secondary N) is 1. The molecule has 1 amide bonds. The maximum atomic E-state index is 11.8. The minimum atomic E-state index is -0.0460. The van der Waals surface area contributed by atoms with Crippen LogP contribution in [0.2, 0.25) is 0 Å². The summed E-state index contributed by atoms with van der Waals surface area (Å²) in [5, 5.41) is 2.98. The zero-order valence-corrected chi connectivity index (χ0v) is 13.0. The highest BCUT2D eigenvalue weighted by molar-refractivity contribution is 5.91. The summed E-state index contributed by atoms with van der Waals surface area (Å²) in [6.07, 6.45) is 10.7. The Bertz CT molecular complexity index is 472. The molecule has 1 saturated heterocycles. The van der Waals surface area contributed by atoms with Gasteiger partial charge < -0.3 is 5.32 Å². The molecule has 114 valence electrons. The maximum absolute atomic E-state index is 11.8. The van der Waals surface area contributed by atoms with Gasteiger partial charge in [0.15, 0.2) is 0 Å². The zero-order valence-electron chi connectivity index (χ0n) is 13.0. The van der Waals surface area contributed by atoms with E-state index in [0.717, 1.165) is 12.1 Å². The predicted molar refractivity (Wildman–Crippen MR) is 85.8 cm³/mol. The van der Waals surface area contributed by atoms with E-state index in [2.05, 4.69) is 29.0 Å². The summed E-state index contributed by atoms with van der Waals surface area (Å²) in [4.78, 5) is 18.4. The molecule has 0 bridgehead atoms. The summed E-state index contributed by atoms with van der Waals surface area (Å²) in [5.41, 5.74) is 0.936. The van der Waals surface area contributed by atoms with Gasteiger partial charge in [-0.05, 0) is 50.9 Å². The molecule has 0 unspecified atom stereocenters. The highest BCUT2D eigenvalue weighted by Crippen LogP contribution is 2.18. The molecule has 0 saturated carbocycles. The average Bonchev–Trinajstić information content (AvgIpc) is 2.52. The molecule has 1 aliphatic rings. The summed E-state index contributed by atoms with van der Waals surface area (Å²) in [7, 11) is 0. The number of piperidine rings is 1. The fourth-order valence-corrected chi connectivity index (χ4v) is 2.85. The van der Waals surface area contributed by atoms with Gasteiger partial charge in [-0.15, -0.1) is 0 Å². The normalized spacial score (nSPS) is 21.3. The van der Waals surface area contributed by atoms with Gasteiger partial charge in [0.05, 0.1) is 0 Å². The number of hydrogen-bond donors (Lipinski definition) is 1. The predicted octanol–water partition coefficient (Wildman–Crippen LogP) is 2.47. The van der Waals surface area contributed by atoms with Crippen molar-refractivity contribution in [2.24, 2.45) is 0 Å². The van der Waals surface area contributed by atoms with Crippen molar-refractivity contribution in [1.82, 2.24) is 15.2 Å². The molecule has 0 aliphatic carbocycles. The van der Waals surface area contributed by atoms with Crippen molar-refractivity contribution in [3.8, 4) is 0 Å². The number of nitrogens with zero attached hydrogens (tertiary/aromatic N) is 2. The lowest BCUT2D eigenvalue weighted by Gasteiger charge is -2.38. The van der Waals surface area contributed by atoms with Crippen LogP contribution in [0, 0.1) is 0 Å². The van der Waals surface area contributed by atoms with Gasteiger partial charge >= 0.3 is 0 Å². The van der Waals surface area contributed by atoms with Crippen LogP contribution in [0.3, 0.4) is 0 Å². The van der Waals surface area contributed by atoms with E-state index >= 15 is 0 Å². The van der Waals surface area contributed by atoms with Gasteiger partial charge in [0.2, 0.25) is 5.91 Å². The summed E-state index contributed by atoms with van der Waals surface area (Å²) >= 11 is 0. The van der Waals surface area contributed by atoms with Crippen LogP contribution in [-0.4, -0.2) is 41.0 Å². The van der Waals surface area contributed by atoms with Crippen LogP contribution in [0.5, 0.6) is 0 Å². The van der Waals surface area contributed by atoms with Gasteiger partial charge in [0, 0.05) is 37.1 Å². The molecule has 21 heavy (non-hydrogen) atoms. The summed E-state index contributed by atoms with van der Waals surface area (Å²) in [6, 6.07) is 4.79. The first-order valence-corrected chi connectivity index (χ1v) is 7.78. The van der Waals surface area contributed by atoms with Gasteiger partial charge in [0.25, 0.3) is 0 Å². The van der Waals surface area contributed by atoms with Gasteiger partial charge in [-0.25, -0.2) is 0 Å². The fourth-order valence-electron chi connectivity index (χ4n) is 2.85. The van der Waals surface area contributed by atoms with E-state index in [1.165, 1.54) is 19.3 Å². The van der Waals surface area contributed by atoms with Crippen LogP contribution in [0.15, 0.2) is 30.6 Å². The first-order valence-electron chi connectivity index (χ1n) is 7.78. The van der Waals surface area contributed by atoms with Crippen molar-refractivity contribution in [3.63, 3.8) is 0 Å². The zero-order chi connectivity index (χ0) is 15.1. The molecule has 1 aromatic rings. The Morgan fingerprint density at radius 1 is 1.57 bits per heavy atom. The van der Waals surface area contributed by atoms with E-state index in [9.17, 15) is 4.79 Å². The highest BCUT2D eigenvalue weighted by Gasteiger charge is 2.22. The number of pyridine rings is 1. The standard InChI is InChI=1S/C17H25N3O/c1-14-6-3-4-11-20(14)15(2)12-19-17(21)9-8-16-7-5-10-18-13-16/h5,7-10,13-15H,3-4,6,11-12H2,1-2H3,(H,19,21)/b9-8+/t14-,15+/m1/s1. The second-order valence-electron chi connectivity index (χ2n) is 5.80. The molecule has 2 atom stereocenters. The number of rotatable bonds is 5. The fraction of sp³-hybridized carbons (Fsp3) is 0.529. The van der Waals surface area contributed by atoms with Crippen molar-refractivity contribution in [2.75, 3.05) is 13.1 Å². The number of carbonyl (C=O) groups is 1.